The fourth-order valence-electron chi connectivity index (χ4n) is 9.59. The highest BCUT2D eigenvalue weighted by Gasteiger charge is 2.46. The molecule has 0 spiro atoms. The molecular weight excluding hydrogens is 1050 g/mol. The Hall–Kier alpha value is -7.50. The van der Waals surface area contributed by atoms with E-state index in [-0.39, 0.29) is 88.3 Å². The molecule has 0 bridgehead atoms. The van der Waals surface area contributed by atoms with E-state index < -0.39 is 103 Å². The number of halogens is 1. The lowest BCUT2D eigenvalue weighted by atomic mass is 9.81. The van der Waals surface area contributed by atoms with Crippen LogP contribution in [-0.2, 0) is 92.0 Å². The van der Waals surface area contributed by atoms with Gasteiger partial charge in [0.15, 0.2) is 5.60 Å². The van der Waals surface area contributed by atoms with Crippen LogP contribution in [-0.4, -0.2) is 185 Å². The van der Waals surface area contributed by atoms with Crippen LogP contribution in [0.1, 0.15) is 72.0 Å². The molecule has 28 heteroatoms. The lowest BCUT2D eigenvalue weighted by Gasteiger charge is -2.39. The Morgan fingerprint density at radius 1 is 0.750 bits per heavy atom. The number of carbonyl (C=O) groups excluding carboxylic acids is 9. The topological polar surface area (TPSA) is 368 Å². The number of cyclic esters (lactones) is 1. The molecule has 2 atom stereocenters. The maximum absolute atomic E-state index is 15.4. The van der Waals surface area contributed by atoms with Crippen molar-refractivity contribution < 1.29 is 76.3 Å². The third kappa shape index (κ3) is 14.8. The summed E-state index contributed by atoms with van der Waals surface area (Å²) in [6, 6.07) is 2.32. The van der Waals surface area contributed by atoms with E-state index in [2.05, 4.69) is 37.2 Å². The zero-order valence-electron chi connectivity index (χ0n) is 44.6. The van der Waals surface area contributed by atoms with Crippen molar-refractivity contribution in [1.29, 1.82) is 0 Å². The minimum atomic E-state index is -2.05. The number of nitrogens with one attached hydrogen (secondary N) is 7. The average molecular weight is 1120 g/mol. The Balaban J connectivity index is 0.739. The molecule has 80 heavy (non-hydrogen) atoms. The summed E-state index contributed by atoms with van der Waals surface area (Å²) >= 11 is 0. The van der Waals surface area contributed by atoms with Gasteiger partial charge < -0.3 is 81.2 Å². The monoisotopic (exact) mass is 1120 g/mol. The van der Waals surface area contributed by atoms with Gasteiger partial charge >= 0.3 is 5.97 Å². The fraction of sp³-hybridized carbons (Fsp3) is 0.558. The molecule has 2 aromatic heterocycles. The van der Waals surface area contributed by atoms with Gasteiger partial charge in [-0.15, -0.1) is 0 Å². The number of ether oxygens (including phenoxy) is 5. The number of nitrogens with zero attached hydrogens (tertiary/aromatic N) is 3. The van der Waals surface area contributed by atoms with Crippen molar-refractivity contribution in [3.05, 3.63) is 61.7 Å². The third-order valence-corrected chi connectivity index (χ3v) is 14.1. The number of benzene rings is 1. The standard InChI is InChI=1S/C52H68FN11O16/c1-3-52(75)34-18-38-48-32(27-64(38)50(73)33(34)28-80-51(52)74)47-36(5-4-31-29(2)35(53)19-37(61-48)46(31)47)62-49(72)30-25-63(26-30)45(71)24-60-44(70)23-59-43(69)22-58-42(68)21-57-41(67)20-56-40(66)7-10-76-12-14-78-16-17-79-15-13-77-11-9-55-39(65)6-8-54/h18-19,30,36,75H,3-17,20-28,54H2,1-2H3,(H,55,65)(H,56,66)(H,57,67)(H,58,68)(H,59,69)(H,60,70)(H,62,72)/t36-,52-/m1/s1. The number of carbonyl (C=O) groups is 9. The van der Waals surface area contributed by atoms with Crippen LogP contribution < -0.4 is 48.5 Å². The maximum Gasteiger partial charge on any atom is 0.343 e. The van der Waals surface area contributed by atoms with Gasteiger partial charge in [-0.1, -0.05) is 6.92 Å². The first-order valence-corrected chi connectivity index (χ1v) is 26.4. The van der Waals surface area contributed by atoms with Crippen LogP contribution in [0.3, 0.4) is 0 Å². The van der Waals surface area contributed by atoms with Crippen LogP contribution in [0.5, 0.6) is 0 Å². The number of nitrogens with two attached hydrogens (primary N) is 1. The first kappa shape index (κ1) is 60.1. The van der Waals surface area contributed by atoms with Crippen LogP contribution in [0.25, 0.3) is 22.3 Å². The second kappa shape index (κ2) is 28.1. The zero-order valence-corrected chi connectivity index (χ0v) is 44.6. The number of likely N-dealkylation sites (tertiary alicyclic amines) is 1. The molecule has 4 aliphatic rings. The van der Waals surface area contributed by atoms with E-state index in [0.29, 0.717) is 97.9 Å². The van der Waals surface area contributed by atoms with E-state index in [1.54, 1.807) is 19.9 Å². The summed E-state index contributed by atoms with van der Waals surface area (Å²) in [6.07, 6.45) is 1.03. The van der Waals surface area contributed by atoms with E-state index in [1.807, 2.05) is 0 Å². The highest BCUT2D eigenvalue weighted by Crippen LogP contribution is 2.46. The smallest absolute Gasteiger partial charge is 0.343 e. The molecule has 8 amide bonds. The molecule has 0 radical (unpaired) electrons. The lowest BCUT2D eigenvalue weighted by molar-refractivity contribution is -0.172. The van der Waals surface area contributed by atoms with Crippen molar-refractivity contribution in [3.63, 3.8) is 0 Å². The molecule has 7 rings (SSSR count). The molecule has 434 valence electrons. The minimum Gasteiger partial charge on any atom is -0.458 e. The van der Waals surface area contributed by atoms with Gasteiger partial charge in [0.2, 0.25) is 47.3 Å². The number of hydrogen-bond acceptors (Lipinski definition) is 18. The molecular formula is C52H68FN11O16. The van der Waals surface area contributed by atoms with Crippen LogP contribution >= 0.6 is 0 Å². The summed E-state index contributed by atoms with van der Waals surface area (Å²) in [6.45, 7) is 3.85. The van der Waals surface area contributed by atoms with Gasteiger partial charge in [-0.05, 0) is 48.9 Å². The number of aliphatic hydroxyl groups is 1. The fourth-order valence-corrected chi connectivity index (χ4v) is 9.59. The van der Waals surface area contributed by atoms with E-state index in [0.717, 1.165) is 5.56 Å². The average Bonchev–Trinajstić information content (AvgIpc) is 4.03. The molecule has 10 N–H and O–H groups in total. The van der Waals surface area contributed by atoms with Gasteiger partial charge in [-0.2, -0.15) is 0 Å². The Morgan fingerprint density at radius 2 is 1.31 bits per heavy atom. The number of aromatic nitrogens is 2. The normalized spacial score (nSPS) is 16.8. The molecule has 0 unspecified atom stereocenters. The second-order valence-electron chi connectivity index (χ2n) is 19.4. The SMILES string of the molecule is CC[C@]1(O)C(=O)OCc2c1cc1n(c2=O)Cc2c-1nc1cc(F)c(C)c3c1c2[C@H](NC(=O)C1CN(C(=O)CNC(=O)CNC(=O)CNC(=O)CNC(=O)CNC(=O)CCOCCOCCOCCOCCNC(=O)CCN)C1)CC3. The van der Waals surface area contributed by atoms with E-state index >= 15 is 4.39 Å². The number of pyridine rings is 2. The predicted octanol–water partition coefficient (Wildman–Crippen LogP) is -3.41. The molecule has 1 saturated heterocycles. The van der Waals surface area contributed by atoms with Gasteiger partial charge in [0, 0.05) is 61.6 Å². The highest BCUT2D eigenvalue weighted by atomic mass is 19.1. The number of esters is 1. The summed E-state index contributed by atoms with van der Waals surface area (Å²) in [5.41, 5.74) is 6.63. The zero-order chi connectivity index (χ0) is 57.5. The summed E-state index contributed by atoms with van der Waals surface area (Å²) < 4.78 is 43.5. The number of hydrogen-bond donors (Lipinski definition) is 9. The first-order valence-electron chi connectivity index (χ1n) is 26.4. The van der Waals surface area contributed by atoms with Crippen LogP contribution in [0.4, 0.5) is 4.39 Å². The van der Waals surface area contributed by atoms with Gasteiger partial charge in [0.1, 0.15) is 12.4 Å². The Kier molecular flexibility index (Phi) is 21.1. The summed E-state index contributed by atoms with van der Waals surface area (Å²) in [7, 11) is 0. The summed E-state index contributed by atoms with van der Waals surface area (Å²) in [4.78, 5) is 132. The van der Waals surface area contributed by atoms with Crippen molar-refractivity contribution >= 4 is 64.1 Å². The number of amides is 8. The van der Waals surface area contributed by atoms with E-state index in [1.165, 1.54) is 15.5 Å². The third-order valence-electron chi connectivity index (χ3n) is 14.1. The second-order valence-corrected chi connectivity index (χ2v) is 19.4. The minimum absolute atomic E-state index is 0.0241. The predicted molar refractivity (Wildman–Crippen MR) is 278 cm³/mol. The number of aryl methyl sites for hydroxylation is 1. The van der Waals surface area contributed by atoms with Crippen molar-refractivity contribution in [2.24, 2.45) is 11.7 Å². The Bertz CT molecular complexity index is 2930. The van der Waals surface area contributed by atoms with Crippen molar-refractivity contribution in [1.82, 2.24) is 51.7 Å². The molecule has 1 aromatic carbocycles. The van der Waals surface area contributed by atoms with Gasteiger partial charge in [-0.25, -0.2) is 14.2 Å². The molecule has 5 heterocycles. The Labute approximate surface area is 458 Å². The van der Waals surface area contributed by atoms with Crippen LogP contribution in [0.15, 0.2) is 16.9 Å². The molecule has 3 aromatic rings. The lowest BCUT2D eigenvalue weighted by Crippen LogP contribution is -2.58. The molecule has 27 nitrogen and oxygen atoms in total. The molecule has 3 aliphatic heterocycles. The first-order chi connectivity index (χ1) is 38.4. The molecule has 1 fully saturated rings. The van der Waals surface area contributed by atoms with Crippen LogP contribution in [0, 0.1) is 18.7 Å². The summed E-state index contributed by atoms with van der Waals surface area (Å²) in [5.74, 6) is -6.11. The van der Waals surface area contributed by atoms with Gasteiger partial charge in [0.25, 0.3) is 5.56 Å². The van der Waals surface area contributed by atoms with Crippen LogP contribution in [0.2, 0.25) is 0 Å². The van der Waals surface area contributed by atoms with Crippen molar-refractivity contribution in [2.75, 3.05) is 112 Å². The molecule has 0 saturated carbocycles. The number of fused-ring (bicyclic) bond motifs is 5. The van der Waals surface area contributed by atoms with Gasteiger partial charge in [0.05, 0.1) is 127 Å². The quantitative estimate of drug-likeness (QED) is 0.0181. The maximum atomic E-state index is 15.4. The highest BCUT2D eigenvalue weighted by molar-refractivity contribution is 5.95. The largest absolute Gasteiger partial charge is 0.458 e. The van der Waals surface area contributed by atoms with Gasteiger partial charge in [-0.3, -0.25) is 43.2 Å². The van der Waals surface area contributed by atoms with E-state index in [9.17, 15) is 53.1 Å². The van der Waals surface area contributed by atoms with Crippen molar-refractivity contribution in [3.8, 4) is 11.4 Å². The summed E-state index contributed by atoms with van der Waals surface area (Å²) in [5, 5.41) is 29.6. The van der Waals surface area contributed by atoms with Crippen molar-refractivity contribution in [2.45, 2.75) is 70.7 Å². The molecule has 1 aliphatic carbocycles. The van der Waals surface area contributed by atoms with E-state index in [4.69, 9.17) is 34.4 Å². The number of rotatable bonds is 30. The Morgan fingerprint density at radius 3 is 1.91 bits per heavy atom.